The molecule has 0 aliphatic heterocycles. The number of rotatable bonds is 2. The van der Waals surface area contributed by atoms with Gasteiger partial charge in [-0.3, -0.25) is 0 Å². The summed E-state index contributed by atoms with van der Waals surface area (Å²) < 4.78 is 51.2. The first-order valence-corrected chi connectivity index (χ1v) is 5.57. The Hall–Kier alpha value is -2.09. The number of alkyl halides is 3. The molecule has 0 fully saturated rings. The number of aromatic nitrogens is 2. The van der Waals surface area contributed by atoms with E-state index in [1.54, 1.807) is 0 Å². The predicted octanol–water partition coefficient (Wildman–Crippen LogP) is 3.61. The number of nitrogens with one attached hydrogen (secondary N) is 1. The van der Waals surface area contributed by atoms with Gasteiger partial charge in [0.2, 0.25) is 5.95 Å². The van der Waals surface area contributed by atoms with Crippen LogP contribution in [-0.4, -0.2) is 9.97 Å². The van der Waals surface area contributed by atoms with Crippen LogP contribution < -0.4 is 11.1 Å². The van der Waals surface area contributed by atoms with E-state index < -0.39 is 23.2 Å². The second-order valence-corrected chi connectivity index (χ2v) is 4.14. The van der Waals surface area contributed by atoms with Crippen LogP contribution in [0.4, 0.5) is 35.0 Å². The Labute approximate surface area is 115 Å². The van der Waals surface area contributed by atoms with Crippen LogP contribution in [0.25, 0.3) is 0 Å². The van der Waals surface area contributed by atoms with Crippen molar-refractivity contribution >= 4 is 29.1 Å². The summed E-state index contributed by atoms with van der Waals surface area (Å²) in [7, 11) is 0. The van der Waals surface area contributed by atoms with Crippen molar-refractivity contribution in [2.24, 2.45) is 0 Å². The lowest BCUT2D eigenvalue weighted by molar-refractivity contribution is -0.137. The summed E-state index contributed by atoms with van der Waals surface area (Å²) in [6.45, 7) is 0. The fourth-order valence-corrected chi connectivity index (χ4v) is 1.62. The SMILES string of the molecule is Nc1nc(Cl)cc(Nc2cc(C(F)(F)F)ccc2F)n1. The quantitative estimate of drug-likeness (QED) is 0.657. The highest BCUT2D eigenvalue weighted by molar-refractivity contribution is 6.29. The topological polar surface area (TPSA) is 63.8 Å². The zero-order chi connectivity index (χ0) is 14.9. The summed E-state index contributed by atoms with van der Waals surface area (Å²) in [6.07, 6.45) is -4.58. The maximum atomic E-state index is 13.5. The van der Waals surface area contributed by atoms with E-state index in [0.29, 0.717) is 18.2 Å². The molecular weight excluding hydrogens is 300 g/mol. The van der Waals surface area contributed by atoms with Crippen molar-refractivity contribution in [3.63, 3.8) is 0 Å². The summed E-state index contributed by atoms with van der Waals surface area (Å²) in [5.41, 5.74) is 3.94. The van der Waals surface area contributed by atoms with Crippen molar-refractivity contribution in [3.05, 3.63) is 40.8 Å². The van der Waals surface area contributed by atoms with E-state index in [0.717, 1.165) is 0 Å². The largest absolute Gasteiger partial charge is 0.416 e. The van der Waals surface area contributed by atoms with Gasteiger partial charge < -0.3 is 11.1 Å². The first-order valence-electron chi connectivity index (χ1n) is 5.19. The first-order chi connectivity index (χ1) is 9.25. The van der Waals surface area contributed by atoms with Gasteiger partial charge in [0.15, 0.2) is 0 Å². The van der Waals surface area contributed by atoms with Gasteiger partial charge in [0, 0.05) is 6.07 Å². The molecule has 0 saturated carbocycles. The van der Waals surface area contributed by atoms with Gasteiger partial charge in [-0.2, -0.15) is 18.2 Å². The molecule has 0 aliphatic rings. The molecule has 9 heteroatoms. The molecule has 3 N–H and O–H groups in total. The molecule has 0 bridgehead atoms. The number of nitrogens with zero attached hydrogens (tertiary/aromatic N) is 2. The van der Waals surface area contributed by atoms with Crippen LogP contribution in [0.5, 0.6) is 0 Å². The van der Waals surface area contributed by atoms with Gasteiger partial charge in [0.25, 0.3) is 0 Å². The van der Waals surface area contributed by atoms with E-state index in [2.05, 4.69) is 15.3 Å². The highest BCUT2D eigenvalue weighted by atomic mass is 35.5. The zero-order valence-corrected chi connectivity index (χ0v) is 10.4. The second kappa shape index (κ2) is 5.12. The van der Waals surface area contributed by atoms with Crippen LogP contribution in [0, 0.1) is 5.82 Å². The Kier molecular flexibility index (Phi) is 3.67. The lowest BCUT2D eigenvalue weighted by Gasteiger charge is -2.11. The Morgan fingerprint density at radius 2 is 1.85 bits per heavy atom. The molecular formula is C11H7ClF4N4. The predicted molar refractivity (Wildman–Crippen MR) is 66.1 cm³/mol. The van der Waals surface area contributed by atoms with E-state index in [1.807, 2.05) is 0 Å². The third-order valence-corrected chi connectivity index (χ3v) is 2.46. The van der Waals surface area contributed by atoms with Crippen molar-refractivity contribution in [1.29, 1.82) is 0 Å². The molecule has 0 aliphatic carbocycles. The molecule has 20 heavy (non-hydrogen) atoms. The molecule has 106 valence electrons. The third kappa shape index (κ3) is 3.27. The van der Waals surface area contributed by atoms with Crippen molar-refractivity contribution in [2.75, 3.05) is 11.1 Å². The van der Waals surface area contributed by atoms with Gasteiger partial charge >= 0.3 is 6.18 Å². The highest BCUT2D eigenvalue weighted by Gasteiger charge is 2.31. The average Bonchev–Trinajstić information content (AvgIpc) is 2.29. The van der Waals surface area contributed by atoms with Gasteiger partial charge in [-0.05, 0) is 18.2 Å². The molecule has 0 spiro atoms. The summed E-state index contributed by atoms with van der Waals surface area (Å²) in [6, 6.07) is 3.18. The number of anilines is 3. The van der Waals surface area contributed by atoms with Crippen molar-refractivity contribution < 1.29 is 17.6 Å². The lowest BCUT2D eigenvalue weighted by atomic mass is 10.2. The Morgan fingerprint density at radius 1 is 1.15 bits per heavy atom. The van der Waals surface area contributed by atoms with E-state index in [9.17, 15) is 17.6 Å². The molecule has 0 saturated heterocycles. The van der Waals surface area contributed by atoms with Gasteiger partial charge in [0.1, 0.15) is 16.8 Å². The minimum absolute atomic E-state index is 0.0132. The maximum Gasteiger partial charge on any atom is 0.416 e. The fraction of sp³-hybridized carbons (Fsp3) is 0.0909. The molecule has 1 aromatic carbocycles. The van der Waals surface area contributed by atoms with Gasteiger partial charge in [-0.15, -0.1) is 0 Å². The van der Waals surface area contributed by atoms with Crippen LogP contribution in [0.2, 0.25) is 5.15 Å². The molecule has 0 atom stereocenters. The lowest BCUT2D eigenvalue weighted by Crippen LogP contribution is -2.07. The number of halogens is 5. The van der Waals surface area contributed by atoms with Crippen LogP contribution in [0.3, 0.4) is 0 Å². The normalized spacial score (nSPS) is 11.4. The minimum Gasteiger partial charge on any atom is -0.368 e. The Morgan fingerprint density at radius 3 is 2.45 bits per heavy atom. The van der Waals surface area contributed by atoms with Crippen LogP contribution in [0.15, 0.2) is 24.3 Å². The molecule has 0 amide bonds. The number of hydrogen-bond acceptors (Lipinski definition) is 4. The van der Waals surface area contributed by atoms with Crippen LogP contribution in [0.1, 0.15) is 5.56 Å². The summed E-state index contributed by atoms with van der Waals surface area (Å²) in [5.74, 6) is -1.07. The molecule has 1 aromatic heterocycles. The van der Waals surface area contributed by atoms with E-state index in [1.165, 1.54) is 6.07 Å². The Bertz CT molecular complexity index is 625. The summed E-state index contributed by atoms with van der Waals surface area (Å²) in [5, 5.41) is 2.35. The number of nitrogen functional groups attached to an aromatic ring is 1. The number of benzene rings is 1. The second-order valence-electron chi connectivity index (χ2n) is 3.75. The van der Waals surface area contributed by atoms with Crippen LogP contribution >= 0.6 is 11.6 Å². The zero-order valence-electron chi connectivity index (χ0n) is 9.67. The minimum atomic E-state index is -4.58. The fourth-order valence-electron chi connectivity index (χ4n) is 1.43. The third-order valence-electron chi connectivity index (χ3n) is 2.27. The van der Waals surface area contributed by atoms with E-state index in [-0.39, 0.29) is 16.9 Å². The maximum absolute atomic E-state index is 13.5. The monoisotopic (exact) mass is 306 g/mol. The molecule has 2 aromatic rings. The number of nitrogens with two attached hydrogens (primary N) is 1. The smallest absolute Gasteiger partial charge is 0.368 e. The molecule has 4 nitrogen and oxygen atoms in total. The molecule has 0 radical (unpaired) electrons. The molecule has 1 heterocycles. The summed E-state index contributed by atoms with van der Waals surface area (Å²) >= 11 is 5.62. The molecule has 2 rings (SSSR count). The van der Waals surface area contributed by atoms with Gasteiger partial charge in [0.05, 0.1) is 11.3 Å². The molecule has 0 unspecified atom stereocenters. The first kappa shape index (κ1) is 14.3. The van der Waals surface area contributed by atoms with Crippen molar-refractivity contribution in [1.82, 2.24) is 9.97 Å². The van der Waals surface area contributed by atoms with Crippen LogP contribution in [-0.2, 0) is 6.18 Å². The van der Waals surface area contributed by atoms with E-state index >= 15 is 0 Å². The standard InChI is InChI=1S/C11H7ClF4N4/c12-8-4-9(20-10(17)19-8)18-7-3-5(11(14,15)16)1-2-6(7)13/h1-4H,(H3,17,18,19,20). The van der Waals surface area contributed by atoms with Gasteiger partial charge in [-0.1, -0.05) is 11.6 Å². The summed E-state index contributed by atoms with van der Waals surface area (Å²) in [4.78, 5) is 7.26. The van der Waals surface area contributed by atoms with Gasteiger partial charge in [-0.25, -0.2) is 9.37 Å². The van der Waals surface area contributed by atoms with E-state index in [4.69, 9.17) is 17.3 Å². The highest BCUT2D eigenvalue weighted by Crippen LogP contribution is 2.32. The van der Waals surface area contributed by atoms with Crippen molar-refractivity contribution in [2.45, 2.75) is 6.18 Å². The van der Waals surface area contributed by atoms with Crippen molar-refractivity contribution in [3.8, 4) is 0 Å². The average molecular weight is 307 g/mol. The number of hydrogen-bond donors (Lipinski definition) is 2. The Balaban J connectivity index is 2.37.